The van der Waals surface area contributed by atoms with E-state index in [0.29, 0.717) is 48.7 Å². The number of aromatic nitrogens is 4. The van der Waals surface area contributed by atoms with Crippen molar-refractivity contribution in [3.05, 3.63) is 71.9 Å². The second-order valence-electron chi connectivity index (χ2n) is 10.3. The van der Waals surface area contributed by atoms with Gasteiger partial charge in [0.05, 0.1) is 10.6 Å². The third-order valence-electron chi connectivity index (χ3n) is 8.00. The van der Waals surface area contributed by atoms with Crippen LogP contribution in [-0.4, -0.2) is 58.5 Å². The van der Waals surface area contributed by atoms with E-state index in [2.05, 4.69) is 41.2 Å². The van der Waals surface area contributed by atoms with Crippen LogP contribution in [0.25, 0.3) is 17.0 Å². The molecule has 0 spiro atoms. The number of nitrogens with zero attached hydrogens (tertiary/aromatic N) is 6. The summed E-state index contributed by atoms with van der Waals surface area (Å²) in [6.07, 6.45) is 9.22. The quantitative estimate of drug-likeness (QED) is 0.352. The zero-order chi connectivity index (χ0) is 26.1. The zero-order valence-corrected chi connectivity index (χ0v) is 22.6. The number of hydrogen-bond donors (Lipinski definition) is 0. The van der Waals surface area contributed by atoms with Crippen molar-refractivity contribution in [3.63, 3.8) is 0 Å². The SMILES string of the molecule is CCc1ccc(S(=O)(=O)N2CCN(c3nc4nccc(-c5ccc(C6CCCCC6)cc5)n4n3)CC2)cc1. The third kappa shape index (κ3) is 4.80. The average molecular weight is 531 g/mol. The molecule has 198 valence electrons. The van der Waals surface area contributed by atoms with Crippen molar-refractivity contribution in [2.24, 2.45) is 0 Å². The topological polar surface area (TPSA) is 83.7 Å². The van der Waals surface area contributed by atoms with Gasteiger partial charge in [-0.1, -0.05) is 62.6 Å². The number of benzene rings is 2. The molecule has 1 aliphatic carbocycles. The van der Waals surface area contributed by atoms with Crippen LogP contribution in [0, 0.1) is 0 Å². The van der Waals surface area contributed by atoms with Crippen molar-refractivity contribution in [3.8, 4) is 11.3 Å². The van der Waals surface area contributed by atoms with Crippen molar-refractivity contribution in [1.82, 2.24) is 23.9 Å². The van der Waals surface area contributed by atoms with Crippen LogP contribution in [0.4, 0.5) is 5.95 Å². The second-order valence-corrected chi connectivity index (χ2v) is 12.2. The standard InChI is InChI=1S/C29H34N6O2S/c1-2-22-8-14-26(15-9-22)38(36,37)34-20-18-33(19-21-34)29-31-28-30-17-16-27(35(28)32-29)25-12-10-24(11-13-25)23-6-4-3-5-7-23/h8-17,23H,2-7,18-21H2,1H3. The highest BCUT2D eigenvalue weighted by atomic mass is 32.2. The van der Waals surface area contributed by atoms with E-state index >= 15 is 0 Å². The maximum Gasteiger partial charge on any atom is 0.254 e. The number of aryl methyl sites for hydroxylation is 1. The summed E-state index contributed by atoms with van der Waals surface area (Å²) in [4.78, 5) is 11.5. The molecule has 9 heteroatoms. The Morgan fingerprint density at radius 1 is 0.868 bits per heavy atom. The van der Waals surface area contributed by atoms with Gasteiger partial charge >= 0.3 is 0 Å². The Labute approximate surface area is 224 Å². The fraction of sp³-hybridized carbons (Fsp3) is 0.414. The first-order valence-corrected chi connectivity index (χ1v) is 15.1. The highest BCUT2D eigenvalue weighted by Crippen LogP contribution is 2.33. The Balaban J connectivity index is 1.18. The van der Waals surface area contributed by atoms with Crippen LogP contribution in [-0.2, 0) is 16.4 Å². The van der Waals surface area contributed by atoms with Crippen molar-refractivity contribution in [1.29, 1.82) is 0 Å². The summed E-state index contributed by atoms with van der Waals surface area (Å²) < 4.78 is 29.7. The minimum atomic E-state index is -3.52. The third-order valence-corrected chi connectivity index (χ3v) is 9.92. The van der Waals surface area contributed by atoms with E-state index in [1.54, 1.807) is 27.2 Å². The van der Waals surface area contributed by atoms with Crippen LogP contribution < -0.4 is 4.90 Å². The van der Waals surface area contributed by atoms with E-state index in [4.69, 9.17) is 5.10 Å². The summed E-state index contributed by atoms with van der Waals surface area (Å²) in [7, 11) is -3.52. The van der Waals surface area contributed by atoms with E-state index in [1.807, 2.05) is 23.1 Å². The van der Waals surface area contributed by atoms with E-state index in [9.17, 15) is 8.42 Å². The van der Waals surface area contributed by atoms with E-state index in [1.165, 1.54) is 37.7 Å². The molecule has 0 amide bonds. The molecule has 1 saturated carbocycles. The molecule has 2 aliphatic rings. The Morgan fingerprint density at radius 3 is 2.26 bits per heavy atom. The summed E-state index contributed by atoms with van der Waals surface area (Å²) >= 11 is 0. The maximum atomic E-state index is 13.2. The monoisotopic (exact) mass is 530 g/mol. The molecule has 0 bridgehead atoms. The molecule has 3 heterocycles. The van der Waals surface area contributed by atoms with E-state index < -0.39 is 10.0 Å². The number of hydrogen-bond acceptors (Lipinski definition) is 6. The average Bonchev–Trinajstić information content (AvgIpc) is 3.43. The molecular weight excluding hydrogens is 496 g/mol. The van der Waals surface area contributed by atoms with Crippen LogP contribution in [0.1, 0.15) is 56.1 Å². The molecule has 38 heavy (non-hydrogen) atoms. The van der Waals surface area contributed by atoms with Gasteiger partial charge in [-0.2, -0.15) is 13.8 Å². The van der Waals surface area contributed by atoms with Gasteiger partial charge in [0.15, 0.2) is 0 Å². The summed E-state index contributed by atoms with van der Waals surface area (Å²) in [6, 6.07) is 18.0. The molecule has 4 aromatic rings. The van der Waals surface area contributed by atoms with Crippen molar-refractivity contribution in [2.45, 2.75) is 56.3 Å². The summed E-state index contributed by atoms with van der Waals surface area (Å²) in [5, 5.41) is 4.79. The zero-order valence-electron chi connectivity index (χ0n) is 21.8. The smallest absolute Gasteiger partial charge is 0.254 e. The Kier molecular flexibility index (Phi) is 6.88. The summed E-state index contributed by atoms with van der Waals surface area (Å²) in [5.74, 6) is 1.79. The van der Waals surface area contributed by atoms with Crippen LogP contribution in [0.15, 0.2) is 65.7 Å². The van der Waals surface area contributed by atoms with Gasteiger partial charge in [-0.15, -0.1) is 5.10 Å². The maximum absolute atomic E-state index is 13.2. The van der Waals surface area contributed by atoms with E-state index in [0.717, 1.165) is 23.2 Å². The van der Waals surface area contributed by atoms with Crippen molar-refractivity contribution >= 4 is 21.7 Å². The minimum absolute atomic E-state index is 0.345. The molecule has 0 unspecified atom stereocenters. The van der Waals surface area contributed by atoms with E-state index in [-0.39, 0.29) is 0 Å². The second kappa shape index (κ2) is 10.5. The van der Waals surface area contributed by atoms with Gasteiger partial charge in [-0.05, 0) is 54.5 Å². The number of piperazine rings is 1. The largest absolute Gasteiger partial charge is 0.337 e. The van der Waals surface area contributed by atoms with Crippen LogP contribution in [0.3, 0.4) is 0 Å². The molecule has 0 radical (unpaired) electrons. The molecule has 1 aliphatic heterocycles. The Bertz CT molecular complexity index is 1500. The van der Waals surface area contributed by atoms with Crippen molar-refractivity contribution < 1.29 is 8.42 Å². The Morgan fingerprint density at radius 2 is 1.58 bits per heavy atom. The van der Waals surface area contributed by atoms with Crippen LogP contribution in [0.2, 0.25) is 0 Å². The van der Waals surface area contributed by atoms with Crippen molar-refractivity contribution in [2.75, 3.05) is 31.1 Å². The van der Waals surface area contributed by atoms with Gasteiger partial charge in [0.2, 0.25) is 16.0 Å². The molecule has 2 aromatic carbocycles. The highest BCUT2D eigenvalue weighted by molar-refractivity contribution is 7.89. The lowest BCUT2D eigenvalue weighted by atomic mass is 9.84. The highest BCUT2D eigenvalue weighted by Gasteiger charge is 2.30. The molecule has 2 aromatic heterocycles. The van der Waals surface area contributed by atoms with Crippen LogP contribution >= 0.6 is 0 Å². The van der Waals surface area contributed by atoms with Gasteiger partial charge in [0.25, 0.3) is 5.78 Å². The first-order chi connectivity index (χ1) is 18.5. The first kappa shape index (κ1) is 25.0. The fourth-order valence-electron chi connectivity index (χ4n) is 5.67. The lowest BCUT2D eigenvalue weighted by Gasteiger charge is -2.33. The van der Waals surface area contributed by atoms with Gasteiger partial charge in [0.1, 0.15) is 0 Å². The van der Waals surface area contributed by atoms with Crippen LogP contribution in [0.5, 0.6) is 0 Å². The molecule has 0 atom stereocenters. The predicted molar refractivity (Wildman–Crippen MR) is 149 cm³/mol. The molecule has 0 N–H and O–H groups in total. The van der Waals surface area contributed by atoms with Gasteiger partial charge in [-0.25, -0.2) is 13.4 Å². The molecule has 8 nitrogen and oxygen atoms in total. The normalized spacial score (nSPS) is 17.8. The lowest BCUT2D eigenvalue weighted by molar-refractivity contribution is 0.382. The number of sulfonamides is 1. The molecular formula is C29H34N6O2S. The number of rotatable bonds is 6. The molecule has 6 rings (SSSR count). The molecule has 1 saturated heterocycles. The number of anilines is 1. The lowest BCUT2D eigenvalue weighted by Crippen LogP contribution is -2.49. The van der Waals surface area contributed by atoms with Gasteiger partial charge in [-0.3, -0.25) is 0 Å². The molecule has 2 fully saturated rings. The summed E-state index contributed by atoms with van der Waals surface area (Å²) in [5.41, 5.74) is 4.58. The van der Waals surface area contributed by atoms with Gasteiger partial charge < -0.3 is 4.90 Å². The fourth-order valence-corrected chi connectivity index (χ4v) is 7.09. The minimum Gasteiger partial charge on any atom is -0.337 e. The number of fused-ring (bicyclic) bond motifs is 1. The Hall–Kier alpha value is -3.30. The summed E-state index contributed by atoms with van der Waals surface area (Å²) in [6.45, 7) is 3.87. The predicted octanol–water partition coefficient (Wildman–Crippen LogP) is 4.91. The first-order valence-electron chi connectivity index (χ1n) is 13.7. The van der Waals surface area contributed by atoms with Gasteiger partial charge in [0, 0.05) is 37.9 Å².